The van der Waals surface area contributed by atoms with Crippen molar-refractivity contribution in [2.24, 2.45) is 0 Å². The number of carbonyl (C=O) groups is 3. The summed E-state index contributed by atoms with van der Waals surface area (Å²) in [6.45, 7) is -0.421. The normalized spacial score (nSPS) is 24.2. The van der Waals surface area contributed by atoms with E-state index in [1.165, 1.54) is 24.4 Å². The molecule has 13 nitrogen and oxygen atoms in total. The number of esters is 2. The first kappa shape index (κ1) is 21.3. The zero-order valence-corrected chi connectivity index (χ0v) is 16.5. The lowest BCUT2D eigenvalue weighted by atomic mass is 10.0. The van der Waals surface area contributed by atoms with Gasteiger partial charge in [-0.25, -0.2) is 19.2 Å². The van der Waals surface area contributed by atoms with Crippen molar-refractivity contribution < 1.29 is 43.3 Å². The largest absolute Gasteiger partial charge is 0.508 e. The molecule has 1 saturated heterocycles. The van der Waals surface area contributed by atoms with Crippen LogP contribution in [-0.2, 0) is 23.7 Å². The standard InChI is InChI=1S/C19H17N3O10/c1-28-19(26)29-8-11-13-14(15(30-11)22-7-6-12(21-27)20-18(22)25)32-17(24)10-5-3-2-4-9(10)16(23)31-13/h2-7,11,13-15,27H,8H2,1H3,(H,20,21,25)/t11-,13-,14-,15-/m1/s1. The van der Waals surface area contributed by atoms with Crippen LogP contribution in [0, 0.1) is 0 Å². The van der Waals surface area contributed by atoms with Crippen LogP contribution in [0.4, 0.5) is 10.6 Å². The Bertz CT molecular complexity index is 1120. The van der Waals surface area contributed by atoms with Crippen molar-refractivity contribution in [1.82, 2.24) is 9.55 Å². The summed E-state index contributed by atoms with van der Waals surface area (Å²) in [5.41, 5.74) is 0.857. The molecular weight excluding hydrogens is 430 g/mol. The van der Waals surface area contributed by atoms with Gasteiger partial charge in [-0.05, 0) is 18.2 Å². The van der Waals surface area contributed by atoms with E-state index in [0.29, 0.717) is 0 Å². The molecule has 3 heterocycles. The zero-order chi connectivity index (χ0) is 22.8. The second-order valence-corrected chi connectivity index (χ2v) is 6.73. The molecule has 1 aromatic carbocycles. The highest BCUT2D eigenvalue weighted by Gasteiger charge is 2.52. The molecule has 32 heavy (non-hydrogen) atoms. The van der Waals surface area contributed by atoms with Gasteiger partial charge in [0.15, 0.2) is 24.3 Å². The van der Waals surface area contributed by atoms with Crippen molar-refractivity contribution in [3.05, 3.63) is 58.1 Å². The van der Waals surface area contributed by atoms with Gasteiger partial charge in [0.2, 0.25) is 0 Å². The number of anilines is 1. The molecule has 0 unspecified atom stereocenters. The summed E-state index contributed by atoms with van der Waals surface area (Å²) in [6, 6.07) is 7.18. The fourth-order valence-corrected chi connectivity index (χ4v) is 3.43. The van der Waals surface area contributed by atoms with E-state index in [1.54, 1.807) is 17.6 Å². The Labute approximate surface area is 179 Å². The van der Waals surface area contributed by atoms with E-state index in [2.05, 4.69) is 9.72 Å². The maximum Gasteiger partial charge on any atom is 0.508 e. The van der Waals surface area contributed by atoms with E-state index in [4.69, 9.17) is 24.2 Å². The highest BCUT2D eigenvalue weighted by molar-refractivity contribution is 6.03. The quantitative estimate of drug-likeness (QED) is 0.379. The van der Waals surface area contributed by atoms with Crippen molar-refractivity contribution >= 4 is 23.9 Å². The SMILES string of the molecule is COC(=O)OC[C@H]1O[C@@H](n2ccc(NO)nc2=O)[C@@H]2OC(=O)c3ccccc3C(=O)O[C@@H]21. The lowest BCUT2D eigenvalue weighted by Gasteiger charge is -2.27. The van der Waals surface area contributed by atoms with Gasteiger partial charge in [-0.2, -0.15) is 4.98 Å². The third kappa shape index (κ3) is 3.86. The van der Waals surface area contributed by atoms with Crippen LogP contribution in [0.5, 0.6) is 0 Å². The molecule has 0 aliphatic carbocycles. The third-order valence-electron chi connectivity index (χ3n) is 4.89. The first-order valence-electron chi connectivity index (χ1n) is 9.29. The summed E-state index contributed by atoms with van der Waals surface area (Å²) in [7, 11) is 1.11. The van der Waals surface area contributed by atoms with Crippen LogP contribution in [0.1, 0.15) is 26.9 Å². The van der Waals surface area contributed by atoms with Gasteiger partial charge in [-0.3, -0.25) is 15.3 Å². The number of nitrogens with one attached hydrogen (secondary N) is 1. The van der Waals surface area contributed by atoms with Gasteiger partial charge in [0.25, 0.3) is 0 Å². The molecule has 1 fully saturated rings. The molecule has 2 aliphatic heterocycles. The monoisotopic (exact) mass is 447 g/mol. The highest BCUT2D eigenvalue weighted by Crippen LogP contribution is 2.36. The Morgan fingerprint density at radius 3 is 2.38 bits per heavy atom. The first-order valence-corrected chi connectivity index (χ1v) is 9.29. The molecule has 4 rings (SSSR count). The average Bonchev–Trinajstić information content (AvgIpc) is 3.12. The molecule has 1 aromatic heterocycles. The van der Waals surface area contributed by atoms with Gasteiger partial charge in [-0.1, -0.05) is 12.1 Å². The molecule has 4 atom stereocenters. The minimum Gasteiger partial charge on any atom is -0.452 e. The number of rotatable bonds is 4. The van der Waals surface area contributed by atoms with E-state index in [9.17, 15) is 19.2 Å². The fourth-order valence-electron chi connectivity index (χ4n) is 3.43. The van der Waals surface area contributed by atoms with Crippen LogP contribution in [-0.4, -0.2) is 64.9 Å². The lowest BCUT2D eigenvalue weighted by molar-refractivity contribution is -0.0659. The predicted molar refractivity (Wildman–Crippen MR) is 101 cm³/mol. The second kappa shape index (κ2) is 8.64. The van der Waals surface area contributed by atoms with Crippen molar-refractivity contribution in [3.63, 3.8) is 0 Å². The van der Waals surface area contributed by atoms with E-state index < -0.39 is 54.9 Å². The van der Waals surface area contributed by atoms with Crippen molar-refractivity contribution in [2.45, 2.75) is 24.5 Å². The number of hydrogen-bond acceptors (Lipinski definition) is 12. The summed E-state index contributed by atoms with van der Waals surface area (Å²) in [5.74, 6) is -1.77. The second-order valence-electron chi connectivity index (χ2n) is 6.73. The fraction of sp³-hybridized carbons (Fsp3) is 0.316. The smallest absolute Gasteiger partial charge is 0.452 e. The molecule has 168 valence electrons. The number of benzene rings is 1. The average molecular weight is 447 g/mol. The number of fused-ring (bicyclic) bond motifs is 2. The first-order chi connectivity index (χ1) is 15.4. The topological polar surface area (TPSA) is 165 Å². The van der Waals surface area contributed by atoms with Crippen LogP contribution in [0.25, 0.3) is 0 Å². The number of aromatic nitrogens is 2. The molecule has 2 aliphatic rings. The summed E-state index contributed by atoms with van der Waals surface area (Å²) in [6.07, 6.45) is -4.66. The molecule has 0 radical (unpaired) electrons. The van der Waals surface area contributed by atoms with Gasteiger partial charge >= 0.3 is 23.8 Å². The van der Waals surface area contributed by atoms with E-state index >= 15 is 0 Å². The molecule has 0 bridgehead atoms. The molecule has 13 heteroatoms. The number of hydrogen-bond donors (Lipinski definition) is 2. The summed E-state index contributed by atoms with van der Waals surface area (Å²) in [5, 5.41) is 8.94. The Morgan fingerprint density at radius 2 is 1.78 bits per heavy atom. The van der Waals surface area contributed by atoms with Gasteiger partial charge in [0, 0.05) is 6.20 Å². The minimum atomic E-state index is -1.28. The van der Waals surface area contributed by atoms with Crippen LogP contribution in [0.3, 0.4) is 0 Å². The maximum absolute atomic E-state index is 12.8. The zero-order valence-electron chi connectivity index (χ0n) is 16.5. The van der Waals surface area contributed by atoms with Crippen molar-refractivity contribution in [3.8, 4) is 0 Å². The van der Waals surface area contributed by atoms with Gasteiger partial charge in [0.1, 0.15) is 12.7 Å². The molecule has 0 saturated carbocycles. The highest BCUT2D eigenvalue weighted by atomic mass is 16.7. The van der Waals surface area contributed by atoms with Crippen molar-refractivity contribution in [2.75, 3.05) is 19.2 Å². The van der Waals surface area contributed by atoms with E-state index in [-0.39, 0.29) is 16.9 Å². The summed E-state index contributed by atoms with van der Waals surface area (Å²) < 4.78 is 27.2. The van der Waals surface area contributed by atoms with Crippen LogP contribution >= 0.6 is 0 Å². The van der Waals surface area contributed by atoms with Crippen LogP contribution < -0.4 is 11.2 Å². The number of methoxy groups -OCH3 is 1. The predicted octanol–water partition coefficient (Wildman–Crippen LogP) is 0.489. The Hall–Kier alpha value is -3.97. The summed E-state index contributed by atoms with van der Waals surface area (Å²) in [4.78, 5) is 53.0. The van der Waals surface area contributed by atoms with E-state index in [1.807, 2.05) is 0 Å². The van der Waals surface area contributed by atoms with Crippen LogP contribution in [0.15, 0.2) is 41.3 Å². The molecule has 2 N–H and O–H groups in total. The minimum absolute atomic E-state index is 0.00996. The van der Waals surface area contributed by atoms with E-state index in [0.717, 1.165) is 11.7 Å². The molecule has 2 aromatic rings. The number of ether oxygens (including phenoxy) is 5. The van der Waals surface area contributed by atoms with Gasteiger partial charge in [0.05, 0.1) is 18.2 Å². The number of carbonyl (C=O) groups excluding carboxylic acids is 3. The van der Waals surface area contributed by atoms with Gasteiger partial charge in [-0.15, -0.1) is 0 Å². The Kier molecular flexibility index (Phi) is 5.75. The Morgan fingerprint density at radius 1 is 1.12 bits per heavy atom. The van der Waals surface area contributed by atoms with Crippen LogP contribution in [0.2, 0.25) is 0 Å². The van der Waals surface area contributed by atoms with Crippen molar-refractivity contribution in [1.29, 1.82) is 0 Å². The summed E-state index contributed by atoms with van der Waals surface area (Å²) >= 11 is 0. The maximum atomic E-state index is 12.8. The lowest BCUT2D eigenvalue weighted by Crippen LogP contribution is -2.44. The third-order valence-corrected chi connectivity index (χ3v) is 4.89. The molecule has 0 amide bonds. The Balaban J connectivity index is 1.73. The number of nitrogens with zero attached hydrogens (tertiary/aromatic N) is 2. The molecular formula is C19H17N3O10. The molecule has 0 spiro atoms. The van der Waals surface area contributed by atoms with Gasteiger partial charge < -0.3 is 23.7 Å².